The average molecular weight is 1250 g/mol. The van der Waals surface area contributed by atoms with Gasteiger partial charge in [0.15, 0.2) is 12.4 Å². The summed E-state index contributed by atoms with van der Waals surface area (Å²) in [4.78, 5) is 0. The van der Waals surface area contributed by atoms with Gasteiger partial charge in [-0.3, -0.25) is 4.74 Å². The third-order valence-electron chi connectivity index (χ3n) is 14.8. The van der Waals surface area contributed by atoms with Crippen LogP contribution in [0.15, 0.2) is 97.1 Å². The van der Waals surface area contributed by atoms with Gasteiger partial charge in [0.2, 0.25) is 6.29 Å². The monoisotopic (exact) mass is 1250 g/mol. The second-order valence-corrected chi connectivity index (χ2v) is 23.4. The van der Waals surface area contributed by atoms with E-state index in [0.717, 1.165) is 42.4 Å². The van der Waals surface area contributed by atoms with Gasteiger partial charge in [0.1, 0.15) is 34.2 Å². The fourth-order valence-corrected chi connectivity index (χ4v) is 8.72. The Hall–Kier alpha value is -5.05. The van der Waals surface area contributed by atoms with E-state index in [2.05, 4.69) is 120 Å². The van der Waals surface area contributed by atoms with Crippen molar-refractivity contribution in [1.82, 2.24) is 0 Å². The predicted octanol–water partition coefficient (Wildman–Crippen LogP) is 22.5. The maximum atomic E-state index is 13.4. The van der Waals surface area contributed by atoms with Crippen LogP contribution in [0.2, 0.25) is 0 Å². The van der Waals surface area contributed by atoms with Crippen molar-refractivity contribution >= 4 is 0 Å². The van der Waals surface area contributed by atoms with Crippen molar-refractivity contribution in [1.29, 1.82) is 0 Å². The third-order valence-corrected chi connectivity index (χ3v) is 14.8. The highest BCUT2D eigenvalue weighted by molar-refractivity contribution is 5.32. The molecule has 0 amide bonds. The minimum Gasteiger partial charge on any atom is -0.488 e. The molecular weight excluding hydrogens is 1160 g/mol. The van der Waals surface area contributed by atoms with Gasteiger partial charge in [-0.1, -0.05) is 123 Å². The maximum Gasteiger partial charge on any atom is 0.460 e. The lowest BCUT2D eigenvalue weighted by molar-refractivity contribution is -0.456. The number of rotatable bonds is 23. The molecule has 0 radical (unpaired) electrons. The molecule has 4 aromatic rings. The smallest absolute Gasteiger partial charge is 0.460 e. The summed E-state index contributed by atoms with van der Waals surface area (Å²) in [5.74, 6) is -9.35. The fourth-order valence-electron chi connectivity index (χ4n) is 8.72. The summed E-state index contributed by atoms with van der Waals surface area (Å²) in [7, 11) is 0. The Morgan fingerprint density at radius 2 is 0.744 bits per heavy atom. The highest BCUT2D eigenvalue weighted by Gasteiger charge is 2.83. The Bertz CT molecular complexity index is 2500. The zero-order valence-corrected chi connectivity index (χ0v) is 52.0. The van der Waals surface area contributed by atoms with E-state index >= 15 is 0 Å². The van der Waals surface area contributed by atoms with Crippen LogP contribution in [0.4, 0.5) is 65.9 Å². The molecule has 0 N–H and O–H groups in total. The minimum atomic E-state index is -7.01. The zero-order valence-electron chi connectivity index (χ0n) is 52.0. The molecule has 0 heterocycles. The quantitative estimate of drug-likeness (QED) is 0.0545. The van der Waals surface area contributed by atoms with Crippen molar-refractivity contribution in [3.05, 3.63) is 119 Å². The molecule has 6 nitrogen and oxygen atoms in total. The molecule has 86 heavy (non-hydrogen) atoms. The van der Waals surface area contributed by atoms with Crippen LogP contribution in [0.3, 0.4) is 0 Å². The molecule has 490 valence electrons. The molecular formula is C65H89F15O6. The van der Waals surface area contributed by atoms with E-state index in [1.165, 1.54) is 68.2 Å². The molecule has 21 heteroatoms. The third kappa shape index (κ3) is 25.2. The van der Waals surface area contributed by atoms with E-state index in [0.29, 0.717) is 30.6 Å². The van der Waals surface area contributed by atoms with Crippen LogP contribution in [-0.4, -0.2) is 66.4 Å². The summed E-state index contributed by atoms with van der Waals surface area (Å²) in [5.41, 5.74) is 4.54. The van der Waals surface area contributed by atoms with Gasteiger partial charge in [0, 0.05) is 0 Å². The Kier molecular flexibility index (Phi) is 29.5. The molecule has 7 atom stereocenters. The Morgan fingerprint density at radius 1 is 0.419 bits per heavy atom. The molecule has 0 aromatic heterocycles. The van der Waals surface area contributed by atoms with E-state index in [9.17, 15) is 65.9 Å². The van der Waals surface area contributed by atoms with Crippen molar-refractivity contribution in [3.8, 4) is 23.0 Å². The molecule has 0 spiro atoms. The summed E-state index contributed by atoms with van der Waals surface area (Å²) in [6.07, 6.45) is -21.1. The summed E-state index contributed by atoms with van der Waals surface area (Å²) in [6.45, 7) is 29.3. The van der Waals surface area contributed by atoms with Crippen LogP contribution in [0.25, 0.3) is 0 Å². The van der Waals surface area contributed by atoms with E-state index < -0.39 is 61.6 Å². The molecule has 5 rings (SSSR count). The molecule has 0 saturated heterocycles. The van der Waals surface area contributed by atoms with E-state index in [4.69, 9.17) is 18.9 Å². The summed E-state index contributed by atoms with van der Waals surface area (Å²) >= 11 is 0. The molecule has 1 aliphatic rings. The first-order valence-electron chi connectivity index (χ1n) is 29.2. The molecule has 1 saturated carbocycles. The predicted molar refractivity (Wildman–Crippen MR) is 306 cm³/mol. The van der Waals surface area contributed by atoms with Crippen molar-refractivity contribution in [2.75, 3.05) is 0 Å². The van der Waals surface area contributed by atoms with E-state index in [1.807, 2.05) is 27.7 Å². The normalized spacial score (nSPS) is 16.4. The SMILES string of the molecule is CCC(C)c1ccc(OC(C)(C)C)cc1.CCC(C)c1ccc(OC(C)(C)C2CCCCC2)cc1.CCC(C)c1ccc(OC(C)OC(CC(F)(F)F)C(F)(F)F)cc1.CCC(C)c1ccc(OC(C)OC(F)(F)C(F)(F)C(F)(F)C(F)(F)F)cc1. The van der Waals surface area contributed by atoms with Crippen molar-refractivity contribution < 1.29 is 94.3 Å². The number of ether oxygens (including phenoxy) is 6. The second-order valence-electron chi connectivity index (χ2n) is 23.4. The molecule has 4 aromatic carbocycles. The van der Waals surface area contributed by atoms with Gasteiger partial charge in [0.05, 0.1) is 6.42 Å². The van der Waals surface area contributed by atoms with Gasteiger partial charge >= 0.3 is 36.5 Å². The second kappa shape index (κ2) is 33.0. The number of halogens is 15. The van der Waals surface area contributed by atoms with E-state index in [-0.39, 0.29) is 28.6 Å². The Morgan fingerprint density at radius 3 is 1.05 bits per heavy atom. The summed E-state index contributed by atoms with van der Waals surface area (Å²) in [6, 6.07) is 29.5. The van der Waals surface area contributed by atoms with Gasteiger partial charge in [0.25, 0.3) is 0 Å². The van der Waals surface area contributed by atoms with Gasteiger partial charge < -0.3 is 23.7 Å². The lowest BCUT2D eigenvalue weighted by Gasteiger charge is -2.37. The Balaban J connectivity index is 0.000000399. The highest BCUT2D eigenvalue weighted by atomic mass is 19.4. The highest BCUT2D eigenvalue weighted by Crippen LogP contribution is 2.54. The van der Waals surface area contributed by atoms with Crippen LogP contribution in [0.1, 0.15) is 214 Å². The van der Waals surface area contributed by atoms with Gasteiger partial charge in [-0.05, 0) is 187 Å². The topological polar surface area (TPSA) is 55.4 Å². The molecule has 7 unspecified atom stereocenters. The number of hydrogen-bond donors (Lipinski definition) is 0. The van der Waals surface area contributed by atoms with Crippen molar-refractivity contribution in [2.45, 2.75) is 258 Å². The fraction of sp³-hybridized carbons (Fsp3) is 0.631. The van der Waals surface area contributed by atoms with Crippen LogP contribution in [0, 0.1) is 5.92 Å². The van der Waals surface area contributed by atoms with Gasteiger partial charge in [-0.15, -0.1) is 0 Å². The van der Waals surface area contributed by atoms with E-state index in [1.54, 1.807) is 36.4 Å². The minimum absolute atomic E-state index is 0.0433. The lowest BCUT2D eigenvalue weighted by atomic mass is 9.79. The van der Waals surface area contributed by atoms with Crippen LogP contribution >= 0.6 is 0 Å². The van der Waals surface area contributed by atoms with Crippen LogP contribution < -0.4 is 18.9 Å². The Labute approximate surface area is 499 Å². The molecule has 0 aliphatic heterocycles. The maximum absolute atomic E-state index is 13.4. The van der Waals surface area contributed by atoms with Crippen molar-refractivity contribution in [2.24, 2.45) is 5.92 Å². The zero-order chi connectivity index (χ0) is 65.9. The first-order valence-corrected chi connectivity index (χ1v) is 29.2. The number of alkyl halides is 15. The lowest BCUT2D eigenvalue weighted by Crippen LogP contribution is -2.62. The number of benzene rings is 4. The summed E-state index contributed by atoms with van der Waals surface area (Å²) in [5, 5.41) is 0. The average Bonchev–Trinajstić information content (AvgIpc) is 1.05. The molecule has 1 aliphatic carbocycles. The number of hydrogen-bond acceptors (Lipinski definition) is 6. The first-order chi connectivity index (χ1) is 39.4. The summed E-state index contributed by atoms with van der Waals surface area (Å²) < 4.78 is 219. The largest absolute Gasteiger partial charge is 0.488 e. The van der Waals surface area contributed by atoms with Gasteiger partial charge in [-0.25, -0.2) is 0 Å². The van der Waals surface area contributed by atoms with Crippen molar-refractivity contribution in [3.63, 3.8) is 0 Å². The van der Waals surface area contributed by atoms with Crippen LogP contribution in [-0.2, 0) is 9.47 Å². The van der Waals surface area contributed by atoms with Gasteiger partial charge in [-0.2, -0.15) is 65.9 Å². The molecule has 1 fully saturated rings. The standard InChI is InChI=1S/C19H30O.C16H17F9O2.C16H20F6O2.C14H22O/c1-5-15(2)16-11-13-18(14-12-16)20-19(3,4)17-9-7-6-8-10-17;1-4-9(2)11-5-7-12(8-6-11)26-10(3)27-16(24,25)14(19,20)13(17,18)15(21,22)23;1-4-10(2)12-5-7-13(8-6-12)23-11(3)24-14(16(20,21)22)9-15(17,18)19;1-6-11(2)12-7-9-13(10-8-12)15-14(3,4)5/h11-15,17H,5-10H2,1-4H3;5-10H,4H2,1-3H3;5-8,10-11,14H,4,9H2,1-3H3;7-11H,6H2,1-5H3. The van der Waals surface area contributed by atoms with Crippen LogP contribution in [0.5, 0.6) is 23.0 Å². The molecule has 0 bridgehead atoms. The first kappa shape index (κ1) is 77.0.